The third kappa shape index (κ3) is 3.81. The van der Waals surface area contributed by atoms with E-state index in [1.165, 1.54) is 6.20 Å². The molecule has 0 fully saturated rings. The Labute approximate surface area is 75.0 Å². The molecular formula is C6H8FN3O2S. The standard InChI is InChI=1S/C6H8FN3O2S/c1-13(11,12)10-9-6-2-5(7)3-8-4-6/h2-4,9-10H,1H3. The molecule has 0 aromatic carbocycles. The Morgan fingerprint density at radius 3 is 2.69 bits per heavy atom. The minimum atomic E-state index is -3.35. The first-order chi connectivity index (χ1) is 5.97. The topological polar surface area (TPSA) is 71.1 Å². The van der Waals surface area contributed by atoms with Crippen LogP contribution in [0.25, 0.3) is 0 Å². The lowest BCUT2D eigenvalue weighted by Crippen LogP contribution is -2.28. The largest absolute Gasteiger partial charge is 0.306 e. The minimum absolute atomic E-state index is 0.241. The van der Waals surface area contributed by atoms with Gasteiger partial charge >= 0.3 is 0 Å². The van der Waals surface area contributed by atoms with Gasteiger partial charge in [-0.25, -0.2) is 12.8 Å². The molecule has 0 bridgehead atoms. The number of anilines is 1. The van der Waals surface area contributed by atoms with Gasteiger partial charge in [0, 0.05) is 6.07 Å². The molecule has 0 saturated carbocycles. The summed E-state index contributed by atoms with van der Waals surface area (Å²) in [5.41, 5.74) is 2.53. The number of hydrogen-bond donors (Lipinski definition) is 2. The molecule has 0 saturated heterocycles. The van der Waals surface area contributed by atoms with Gasteiger partial charge in [-0.2, -0.15) is 0 Å². The van der Waals surface area contributed by atoms with Gasteiger partial charge in [-0.15, -0.1) is 4.83 Å². The van der Waals surface area contributed by atoms with Crippen LogP contribution in [-0.2, 0) is 10.0 Å². The highest BCUT2D eigenvalue weighted by Crippen LogP contribution is 2.04. The van der Waals surface area contributed by atoms with E-state index in [0.717, 1.165) is 18.5 Å². The van der Waals surface area contributed by atoms with Gasteiger partial charge in [-0.3, -0.25) is 4.98 Å². The van der Waals surface area contributed by atoms with Crippen molar-refractivity contribution in [3.8, 4) is 0 Å². The van der Waals surface area contributed by atoms with Crippen LogP contribution in [0.5, 0.6) is 0 Å². The summed E-state index contributed by atoms with van der Waals surface area (Å²) in [6.45, 7) is 0. The van der Waals surface area contributed by atoms with Gasteiger partial charge in [0.25, 0.3) is 0 Å². The molecule has 0 spiro atoms. The summed E-state index contributed by atoms with van der Waals surface area (Å²) in [6.07, 6.45) is 3.29. The predicted molar refractivity (Wildman–Crippen MR) is 45.8 cm³/mol. The van der Waals surface area contributed by atoms with Crippen molar-refractivity contribution in [2.45, 2.75) is 0 Å². The number of nitrogens with zero attached hydrogens (tertiary/aromatic N) is 1. The molecule has 0 amide bonds. The number of hydrogen-bond acceptors (Lipinski definition) is 4. The highest BCUT2D eigenvalue weighted by Gasteiger charge is 2.00. The summed E-state index contributed by atoms with van der Waals surface area (Å²) in [7, 11) is -3.35. The van der Waals surface area contributed by atoms with Crippen LogP contribution >= 0.6 is 0 Å². The summed E-state index contributed by atoms with van der Waals surface area (Å²) in [5, 5.41) is 0. The number of halogens is 1. The molecule has 0 atom stereocenters. The summed E-state index contributed by atoms with van der Waals surface area (Å²) in [5.74, 6) is -0.541. The molecule has 7 heteroatoms. The molecule has 1 rings (SSSR count). The predicted octanol–water partition coefficient (Wildman–Crippen LogP) is 0.0968. The first-order valence-electron chi connectivity index (χ1n) is 3.31. The Balaban J connectivity index is 2.65. The minimum Gasteiger partial charge on any atom is -0.306 e. The Hall–Kier alpha value is -1.21. The molecule has 0 radical (unpaired) electrons. The van der Waals surface area contributed by atoms with E-state index in [1.54, 1.807) is 0 Å². The number of rotatable bonds is 3. The second-order valence-electron chi connectivity index (χ2n) is 2.39. The van der Waals surface area contributed by atoms with Gasteiger partial charge in [0.2, 0.25) is 10.0 Å². The van der Waals surface area contributed by atoms with Crippen molar-refractivity contribution < 1.29 is 12.8 Å². The third-order valence-corrected chi connectivity index (χ3v) is 1.56. The van der Waals surface area contributed by atoms with Gasteiger partial charge in [0.15, 0.2) is 0 Å². The quantitative estimate of drug-likeness (QED) is 0.686. The average Bonchev–Trinajstić information content (AvgIpc) is 2.00. The third-order valence-electron chi connectivity index (χ3n) is 1.09. The summed E-state index contributed by atoms with van der Waals surface area (Å²) >= 11 is 0. The summed E-state index contributed by atoms with van der Waals surface area (Å²) in [4.78, 5) is 5.49. The van der Waals surface area contributed by atoms with E-state index in [9.17, 15) is 12.8 Å². The van der Waals surface area contributed by atoms with Crippen LogP contribution < -0.4 is 10.3 Å². The molecule has 72 valence electrons. The molecule has 1 heterocycles. The van der Waals surface area contributed by atoms with Crippen LogP contribution in [0.1, 0.15) is 0 Å². The van der Waals surface area contributed by atoms with E-state index in [1.807, 2.05) is 4.83 Å². The molecule has 0 unspecified atom stereocenters. The molecular weight excluding hydrogens is 197 g/mol. The number of sulfonamides is 1. The zero-order valence-electron chi connectivity index (χ0n) is 6.78. The molecule has 5 nitrogen and oxygen atoms in total. The molecule has 0 aliphatic carbocycles. The Morgan fingerprint density at radius 2 is 2.15 bits per heavy atom. The maximum absolute atomic E-state index is 12.5. The van der Waals surface area contributed by atoms with Crippen LogP contribution in [0.4, 0.5) is 10.1 Å². The van der Waals surface area contributed by atoms with E-state index in [4.69, 9.17) is 0 Å². The van der Waals surface area contributed by atoms with E-state index < -0.39 is 15.8 Å². The lowest BCUT2D eigenvalue weighted by Gasteiger charge is -2.04. The van der Waals surface area contributed by atoms with Crippen LogP contribution in [0.15, 0.2) is 18.5 Å². The average molecular weight is 205 g/mol. The second kappa shape index (κ2) is 3.67. The van der Waals surface area contributed by atoms with Crippen molar-refractivity contribution in [1.82, 2.24) is 9.82 Å². The van der Waals surface area contributed by atoms with Crippen molar-refractivity contribution in [3.63, 3.8) is 0 Å². The Bertz CT molecular complexity index is 393. The second-order valence-corrected chi connectivity index (χ2v) is 4.14. The first-order valence-corrected chi connectivity index (χ1v) is 5.20. The van der Waals surface area contributed by atoms with Crippen LogP contribution in [0, 0.1) is 5.82 Å². The maximum Gasteiger partial charge on any atom is 0.225 e. The Kier molecular flexibility index (Phi) is 2.79. The molecule has 1 aromatic heterocycles. The van der Waals surface area contributed by atoms with Crippen molar-refractivity contribution in [2.75, 3.05) is 11.7 Å². The normalized spacial score (nSPS) is 11.2. The SMILES string of the molecule is CS(=O)(=O)NNc1cncc(F)c1. The lowest BCUT2D eigenvalue weighted by molar-refractivity contribution is 0.593. The van der Waals surface area contributed by atoms with Crippen LogP contribution in [0.3, 0.4) is 0 Å². The number of aromatic nitrogens is 1. The molecule has 1 aromatic rings. The van der Waals surface area contributed by atoms with Crippen LogP contribution in [-0.4, -0.2) is 19.7 Å². The van der Waals surface area contributed by atoms with E-state index >= 15 is 0 Å². The molecule has 13 heavy (non-hydrogen) atoms. The monoisotopic (exact) mass is 205 g/mol. The fraction of sp³-hybridized carbons (Fsp3) is 0.167. The van der Waals surface area contributed by atoms with Crippen molar-refractivity contribution in [3.05, 3.63) is 24.3 Å². The smallest absolute Gasteiger partial charge is 0.225 e. The van der Waals surface area contributed by atoms with Gasteiger partial charge < -0.3 is 5.43 Å². The number of pyridine rings is 1. The van der Waals surface area contributed by atoms with Gasteiger partial charge in [-0.05, 0) is 0 Å². The molecule has 0 aliphatic rings. The van der Waals surface area contributed by atoms with Crippen molar-refractivity contribution in [1.29, 1.82) is 0 Å². The highest BCUT2D eigenvalue weighted by molar-refractivity contribution is 7.88. The fourth-order valence-electron chi connectivity index (χ4n) is 0.632. The van der Waals surface area contributed by atoms with E-state index in [2.05, 4.69) is 10.4 Å². The van der Waals surface area contributed by atoms with E-state index in [-0.39, 0.29) is 5.69 Å². The Morgan fingerprint density at radius 1 is 1.46 bits per heavy atom. The van der Waals surface area contributed by atoms with Crippen molar-refractivity contribution in [2.24, 2.45) is 0 Å². The zero-order valence-corrected chi connectivity index (χ0v) is 7.60. The van der Waals surface area contributed by atoms with Gasteiger partial charge in [-0.1, -0.05) is 0 Å². The van der Waals surface area contributed by atoms with Gasteiger partial charge in [0.05, 0.1) is 24.3 Å². The lowest BCUT2D eigenvalue weighted by atomic mass is 10.4. The first kappa shape index (κ1) is 9.87. The zero-order chi connectivity index (χ0) is 9.90. The highest BCUT2D eigenvalue weighted by atomic mass is 32.2. The number of hydrazine groups is 1. The molecule has 0 aliphatic heterocycles. The number of nitrogens with one attached hydrogen (secondary N) is 2. The maximum atomic E-state index is 12.5. The van der Waals surface area contributed by atoms with E-state index in [0.29, 0.717) is 0 Å². The summed E-state index contributed by atoms with van der Waals surface area (Å²) in [6, 6.07) is 1.12. The van der Waals surface area contributed by atoms with Crippen LogP contribution in [0.2, 0.25) is 0 Å². The molecule has 2 N–H and O–H groups in total. The van der Waals surface area contributed by atoms with Gasteiger partial charge in [0.1, 0.15) is 5.82 Å². The fourth-order valence-corrected chi connectivity index (χ4v) is 0.935. The summed E-state index contributed by atoms with van der Waals surface area (Å²) < 4.78 is 33.7. The van der Waals surface area contributed by atoms with Crippen molar-refractivity contribution >= 4 is 15.7 Å².